The van der Waals surface area contributed by atoms with Crippen LogP contribution >= 0.6 is 0 Å². The van der Waals surface area contributed by atoms with Crippen LogP contribution in [-0.4, -0.2) is 80.9 Å². The number of non-ortho nitro benzene ring substituents is 1. The third kappa shape index (κ3) is 7.49. The van der Waals surface area contributed by atoms with Crippen molar-refractivity contribution in [2.75, 3.05) is 36.4 Å². The summed E-state index contributed by atoms with van der Waals surface area (Å²) < 4.78 is 36.7. The van der Waals surface area contributed by atoms with Crippen LogP contribution in [-0.2, 0) is 4.74 Å². The Hall–Kier alpha value is -5.44. The lowest BCUT2D eigenvalue weighted by atomic mass is 9.61. The van der Waals surface area contributed by atoms with E-state index in [-0.39, 0.29) is 46.6 Å². The summed E-state index contributed by atoms with van der Waals surface area (Å²) >= 11 is 0. The monoisotopic (exact) mass is 740 g/mol. The number of carbonyl (C=O) groups is 1. The van der Waals surface area contributed by atoms with Gasteiger partial charge in [-0.05, 0) is 75.6 Å². The molecule has 282 valence electrons. The summed E-state index contributed by atoms with van der Waals surface area (Å²) in [6, 6.07) is 16.2. The van der Waals surface area contributed by atoms with Crippen LogP contribution in [0, 0.1) is 27.2 Å². The highest BCUT2D eigenvalue weighted by atomic mass is 19.1. The first-order valence-corrected chi connectivity index (χ1v) is 18.6. The van der Waals surface area contributed by atoms with Crippen molar-refractivity contribution in [2.45, 2.75) is 75.6 Å². The number of ether oxygens (including phenoxy) is 1. The van der Waals surface area contributed by atoms with E-state index in [0.717, 1.165) is 76.7 Å². The van der Waals surface area contributed by atoms with Gasteiger partial charge in [0.05, 0.1) is 22.9 Å². The Labute approximate surface area is 310 Å². The minimum absolute atomic E-state index is 0.00274. The number of nitrogens with one attached hydrogen (secondary N) is 2. The maximum Gasteiger partial charge on any atom is 0.407 e. The van der Waals surface area contributed by atoms with Crippen molar-refractivity contribution in [3.05, 3.63) is 105 Å². The number of alkyl carbamates (subject to hydrolysis) is 1. The highest BCUT2D eigenvalue weighted by molar-refractivity contribution is 5.68. The third-order valence-corrected chi connectivity index (χ3v) is 11.5. The number of nitro groups is 1. The molecule has 2 N–H and O–H groups in total. The van der Waals surface area contributed by atoms with Crippen LogP contribution in [0.2, 0.25) is 0 Å². The van der Waals surface area contributed by atoms with Gasteiger partial charge in [-0.25, -0.2) is 23.5 Å². The Kier molecular flexibility index (Phi) is 9.73. The first-order chi connectivity index (χ1) is 26.1. The minimum atomic E-state index is -0.586. The molecule has 4 fully saturated rings. The Balaban J connectivity index is 0.747. The van der Waals surface area contributed by atoms with Crippen LogP contribution in [0.5, 0.6) is 0 Å². The summed E-state index contributed by atoms with van der Waals surface area (Å²) in [5.41, 5.74) is 1.46. The standard InChI is InChI=1S/C39H42F2N8O5/c40-32-19-30(49(52)53)11-12-34(32)46-16-13-28(14-17-46)47-23-39(24-47)20-31(21-39)54-38(51)44-27-9-7-26(8-10-27)43-37-42-22-33(41)36(45-37)25-4-3-5-29(18-25)48-15-2-1-6-35(48)50/h1-6,11-12,15,18-19,22,26-28,31H,7-10,13-14,16-17,20-21,23-24H2,(H,44,51)(H,42,43,45). The molecule has 13 nitrogen and oxygen atoms in total. The maximum absolute atomic E-state index is 14.9. The normalized spacial score (nSPS) is 21.6. The number of hydrogen-bond donors (Lipinski definition) is 2. The van der Waals surface area contributed by atoms with E-state index in [0.29, 0.717) is 42.0 Å². The van der Waals surface area contributed by atoms with Gasteiger partial charge in [-0.1, -0.05) is 18.2 Å². The van der Waals surface area contributed by atoms with Gasteiger partial charge in [0.2, 0.25) is 5.95 Å². The summed E-state index contributed by atoms with van der Waals surface area (Å²) in [6.07, 6.45) is 8.93. The number of amides is 1. The lowest BCUT2D eigenvalue weighted by Crippen LogP contribution is -2.67. The predicted molar refractivity (Wildman–Crippen MR) is 198 cm³/mol. The molecule has 1 amide bonds. The summed E-state index contributed by atoms with van der Waals surface area (Å²) in [6.45, 7) is 3.35. The van der Waals surface area contributed by atoms with Gasteiger partial charge in [-0.15, -0.1) is 0 Å². The number of benzene rings is 2. The highest BCUT2D eigenvalue weighted by Gasteiger charge is 2.55. The molecule has 0 unspecified atom stereocenters. The van der Waals surface area contributed by atoms with Crippen LogP contribution in [0.25, 0.3) is 16.9 Å². The molecule has 2 aliphatic heterocycles. The number of halogens is 2. The smallest absolute Gasteiger partial charge is 0.407 e. The zero-order valence-corrected chi connectivity index (χ0v) is 29.7. The molecule has 2 aromatic carbocycles. The molecular formula is C39H42F2N8O5. The van der Waals surface area contributed by atoms with Gasteiger partial charge in [-0.3, -0.25) is 24.4 Å². The molecule has 2 aromatic heterocycles. The van der Waals surface area contributed by atoms with Gasteiger partial charge in [0.25, 0.3) is 11.2 Å². The summed E-state index contributed by atoms with van der Waals surface area (Å²) in [5, 5.41) is 17.3. The average molecular weight is 741 g/mol. The molecule has 4 aliphatic rings. The summed E-state index contributed by atoms with van der Waals surface area (Å²) in [4.78, 5) is 48.6. The third-order valence-electron chi connectivity index (χ3n) is 11.5. The molecule has 15 heteroatoms. The first-order valence-electron chi connectivity index (χ1n) is 18.6. The number of aromatic nitrogens is 3. The largest absolute Gasteiger partial charge is 0.446 e. The Bertz CT molecular complexity index is 2090. The average Bonchev–Trinajstić information content (AvgIpc) is 3.14. The zero-order chi connectivity index (χ0) is 37.4. The first kappa shape index (κ1) is 35.6. The van der Waals surface area contributed by atoms with Crippen LogP contribution in [0.4, 0.5) is 30.9 Å². The fourth-order valence-electron chi connectivity index (χ4n) is 8.66. The van der Waals surface area contributed by atoms with Crippen molar-refractivity contribution < 1.29 is 23.2 Å². The fraction of sp³-hybridized carbons (Fsp3) is 0.436. The minimum Gasteiger partial charge on any atom is -0.446 e. The van der Waals surface area contributed by atoms with Crippen molar-refractivity contribution in [3.8, 4) is 16.9 Å². The Morgan fingerprint density at radius 1 is 0.926 bits per heavy atom. The number of pyridine rings is 1. The molecule has 4 aromatic rings. The molecule has 8 rings (SSSR count). The molecule has 2 saturated heterocycles. The maximum atomic E-state index is 14.9. The van der Waals surface area contributed by atoms with Gasteiger partial charge in [0.1, 0.15) is 11.8 Å². The van der Waals surface area contributed by atoms with E-state index in [1.165, 1.54) is 22.8 Å². The van der Waals surface area contributed by atoms with Crippen LogP contribution in [0.15, 0.2) is 77.9 Å². The van der Waals surface area contributed by atoms with E-state index >= 15 is 0 Å². The van der Waals surface area contributed by atoms with Gasteiger partial charge in [0, 0.05) is 79.3 Å². The van der Waals surface area contributed by atoms with E-state index in [4.69, 9.17) is 4.74 Å². The number of nitro benzene ring substituents is 1. The van der Waals surface area contributed by atoms with Crippen molar-refractivity contribution in [3.63, 3.8) is 0 Å². The molecule has 0 radical (unpaired) electrons. The van der Waals surface area contributed by atoms with Gasteiger partial charge in [0.15, 0.2) is 11.6 Å². The number of carbonyl (C=O) groups excluding carboxylic acids is 1. The number of likely N-dealkylation sites (tertiary alicyclic amines) is 1. The number of anilines is 2. The predicted octanol–water partition coefficient (Wildman–Crippen LogP) is 6.06. The van der Waals surface area contributed by atoms with E-state index < -0.39 is 16.6 Å². The second-order valence-electron chi connectivity index (χ2n) is 15.1. The highest BCUT2D eigenvalue weighted by Crippen LogP contribution is 2.51. The van der Waals surface area contributed by atoms with Crippen molar-refractivity contribution in [1.82, 2.24) is 24.8 Å². The van der Waals surface area contributed by atoms with E-state index in [2.05, 4.69) is 25.5 Å². The van der Waals surface area contributed by atoms with Gasteiger partial charge in [-0.2, -0.15) is 0 Å². The van der Waals surface area contributed by atoms with Crippen LogP contribution in [0.3, 0.4) is 0 Å². The Morgan fingerprint density at radius 2 is 1.69 bits per heavy atom. The molecule has 4 heterocycles. The van der Waals surface area contributed by atoms with E-state index in [9.17, 15) is 28.5 Å². The number of rotatable bonds is 9. The molecule has 0 atom stereocenters. The second kappa shape index (κ2) is 14.8. The number of hydrogen-bond acceptors (Lipinski definition) is 10. The molecule has 2 aliphatic carbocycles. The fourth-order valence-corrected chi connectivity index (χ4v) is 8.66. The van der Waals surface area contributed by atoms with Gasteiger partial charge >= 0.3 is 6.09 Å². The SMILES string of the molecule is O=C(NC1CCC(Nc2ncc(F)c(-c3cccc(-n4ccccc4=O)c3)n2)CC1)OC1CC2(C1)CN(C1CCN(c3ccc([N+](=O)[O-])cc3F)CC1)C2. The lowest BCUT2D eigenvalue weighted by molar-refractivity contribution is -0.385. The van der Waals surface area contributed by atoms with Gasteiger partial charge < -0.3 is 20.3 Å². The molecule has 54 heavy (non-hydrogen) atoms. The van der Waals surface area contributed by atoms with E-state index in [1.54, 1.807) is 42.6 Å². The zero-order valence-electron chi connectivity index (χ0n) is 29.7. The molecule has 2 saturated carbocycles. The van der Waals surface area contributed by atoms with Crippen molar-refractivity contribution in [1.29, 1.82) is 0 Å². The number of nitrogens with zero attached hydrogens (tertiary/aromatic N) is 6. The van der Waals surface area contributed by atoms with Crippen LogP contribution in [0.1, 0.15) is 51.4 Å². The van der Waals surface area contributed by atoms with Crippen molar-refractivity contribution >= 4 is 23.4 Å². The van der Waals surface area contributed by atoms with Crippen molar-refractivity contribution in [2.24, 2.45) is 5.41 Å². The number of piperidine rings is 1. The molecule has 0 bridgehead atoms. The summed E-state index contributed by atoms with van der Waals surface area (Å²) in [7, 11) is 0. The quantitative estimate of drug-likeness (QED) is 0.153. The topological polar surface area (TPSA) is 148 Å². The Morgan fingerprint density at radius 3 is 2.41 bits per heavy atom. The molecule has 1 spiro atoms. The lowest BCUT2D eigenvalue weighted by Gasteiger charge is -2.61. The summed E-state index contributed by atoms with van der Waals surface area (Å²) in [5.74, 6) is -0.800. The second-order valence-corrected chi connectivity index (χ2v) is 15.1. The van der Waals surface area contributed by atoms with E-state index in [1.807, 2.05) is 4.90 Å². The molecular weight excluding hydrogens is 698 g/mol. The van der Waals surface area contributed by atoms with Crippen LogP contribution < -0.4 is 21.1 Å².